The van der Waals surface area contributed by atoms with Crippen molar-refractivity contribution >= 4 is 53.3 Å². The quantitative estimate of drug-likeness (QED) is 0.171. The van der Waals surface area contributed by atoms with Crippen LogP contribution in [0.1, 0.15) is 0 Å². The van der Waals surface area contributed by atoms with Gasteiger partial charge in [-0.15, -0.1) is 11.3 Å². The van der Waals surface area contributed by atoms with Crippen molar-refractivity contribution in [1.29, 1.82) is 0 Å². The molecule has 0 atom stereocenters. The van der Waals surface area contributed by atoms with Crippen molar-refractivity contribution in [3.05, 3.63) is 194 Å². The Hall–Kier alpha value is -7.21. The first-order valence-electron chi connectivity index (χ1n) is 18.7. The maximum atomic E-state index is 5.31. The standard InChI is InChI=1S/C51H32N4S/c1-2-10-36(11-3-1)51-53-45(37-22-23-44-43-14-6-9-17-49(43)56-50(44)31-37)32-46(54-51)39-28-38(34-20-18-33(19-21-34)35-24-26-52-27-25-35)29-40(30-39)55-47-15-7-4-12-41(47)42-13-5-8-16-48(42)55/h1-32H. The molecule has 0 spiro atoms. The maximum absolute atomic E-state index is 5.31. The second-order valence-corrected chi connectivity index (χ2v) is 15.2. The fourth-order valence-corrected chi connectivity index (χ4v) is 9.14. The number of thiophene rings is 1. The summed E-state index contributed by atoms with van der Waals surface area (Å²) in [6, 6.07) is 64.9. The molecule has 56 heavy (non-hydrogen) atoms. The number of pyridine rings is 1. The van der Waals surface area contributed by atoms with Crippen molar-refractivity contribution in [3.63, 3.8) is 0 Å². The molecule has 4 aromatic heterocycles. The van der Waals surface area contributed by atoms with Crippen LogP contribution in [0.2, 0.25) is 0 Å². The summed E-state index contributed by atoms with van der Waals surface area (Å²) in [5.74, 6) is 0.694. The summed E-state index contributed by atoms with van der Waals surface area (Å²) in [5.41, 5.74) is 12.7. The third-order valence-corrected chi connectivity index (χ3v) is 11.8. The van der Waals surface area contributed by atoms with Gasteiger partial charge in [0.25, 0.3) is 0 Å². The van der Waals surface area contributed by atoms with E-state index in [9.17, 15) is 0 Å². The van der Waals surface area contributed by atoms with E-state index >= 15 is 0 Å². The third kappa shape index (κ3) is 5.56. The molecular formula is C51H32N4S. The van der Waals surface area contributed by atoms with Crippen molar-refractivity contribution in [2.75, 3.05) is 0 Å². The zero-order valence-corrected chi connectivity index (χ0v) is 31.0. The van der Waals surface area contributed by atoms with Crippen LogP contribution in [0.3, 0.4) is 0 Å². The topological polar surface area (TPSA) is 43.6 Å². The van der Waals surface area contributed by atoms with Gasteiger partial charge in [0, 0.05) is 65.7 Å². The van der Waals surface area contributed by atoms with Crippen LogP contribution in [0, 0.1) is 0 Å². The number of benzene rings is 7. The Kier molecular flexibility index (Phi) is 7.64. The van der Waals surface area contributed by atoms with Gasteiger partial charge in [0.05, 0.1) is 22.4 Å². The smallest absolute Gasteiger partial charge is 0.160 e. The predicted octanol–water partition coefficient (Wildman–Crippen LogP) is 13.7. The molecule has 0 aliphatic rings. The SMILES string of the molecule is c1ccc(-c2nc(-c3cc(-c4ccc(-c5ccncc5)cc4)cc(-n4c5ccccc5c5ccccc54)c3)cc(-c3ccc4c(c3)sc3ccccc34)n2)cc1. The first-order chi connectivity index (χ1) is 27.7. The molecule has 4 heterocycles. The molecule has 11 aromatic rings. The summed E-state index contributed by atoms with van der Waals surface area (Å²) in [6.07, 6.45) is 3.68. The van der Waals surface area contributed by atoms with E-state index in [0.29, 0.717) is 5.82 Å². The highest BCUT2D eigenvalue weighted by Crippen LogP contribution is 2.39. The average Bonchev–Trinajstić information content (AvgIpc) is 3.82. The number of aromatic nitrogens is 4. The van der Waals surface area contributed by atoms with Gasteiger partial charge in [-0.3, -0.25) is 4.98 Å². The van der Waals surface area contributed by atoms with Crippen molar-refractivity contribution in [3.8, 4) is 61.8 Å². The molecule has 0 N–H and O–H groups in total. The normalized spacial score (nSPS) is 11.6. The van der Waals surface area contributed by atoms with Crippen molar-refractivity contribution < 1.29 is 0 Å². The zero-order chi connectivity index (χ0) is 37.0. The van der Waals surface area contributed by atoms with Crippen LogP contribution in [-0.4, -0.2) is 19.5 Å². The van der Waals surface area contributed by atoms with Gasteiger partial charge in [-0.25, -0.2) is 9.97 Å². The summed E-state index contributed by atoms with van der Waals surface area (Å²) in [7, 11) is 0. The van der Waals surface area contributed by atoms with Crippen LogP contribution in [0.5, 0.6) is 0 Å². The molecule has 0 bridgehead atoms. The maximum Gasteiger partial charge on any atom is 0.160 e. The molecule has 0 fully saturated rings. The number of nitrogens with zero attached hydrogens (tertiary/aromatic N) is 4. The highest BCUT2D eigenvalue weighted by Gasteiger charge is 2.17. The summed E-state index contributed by atoms with van der Waals surface area (Å²) in [5, 5.41) is 5.01. The Morgan fingerprint density at radius 3 is 1.64 bits per heavy atom. The molecule has 0 radical (unpaired) electrons. The van der Waals surface area contributed by atoms with E-state index < -0.39 is 0 Å². The first-order valence-corrected chi connectivity index (χ1v) is 19.6. The molecule has 0 aliphatic carbocycles. The molecule has 4 nitrogen and oxygen atoms in total. The molecule has 5 heteroatoms. The van der Waals surface area contributed by atoms with Gasteiger partial charge in [-0.05, 0) is 82.9 Å². The Morgan fingerprint density at radius 1 is 0.357 bits per heavy atom. The minimum atomic E-state index is 0.694. The average molecular weight is 733 g/mol. The van der Waals surface area contributed by atoms with Gasteiger partial charge < -0.3 is 4.57 Å². The third-order valence-electron chi connectivity index (χ3n) is 10.7. The Bertz CT molecular complexity index is 3180. The van der Waals surface area contributed by atoms with Crippen LogP contribution in [0.25, 0.3) is 104 Å². The fourth-order valence-electron chi connectivity index (χ4n) is 8.00. The summed E-state index contributed by atoms with van der Waals surface area (Å²) in [4.78, 5) is 14.7. The lowest BCUT2D eigenvalue weighted by Gasteiger charge is -2.15. The molecule has 0 saturated carbocycles. The van der Waals surface area contributed by atoms with Gasteiger partial charge in [-0.2, -0.15) is 0 Å². The van der Waals surface area contributed by atoms with E-state index in [1.165, 1.54) is 30.9 Å². The lowest BCUT2D eigenvalue weighted by molar-refractivity contribution is 1.16. The monoisotopic (exact) mass is 732 g/mol. The lowest BCUT2D eigenvalue weighted by atomic mass is 9.97. The summed E-state index contributed by atoms with van der Waals surface area (Å²) >= 11 is 1.82. The van der Waals surface area contributed by atoms with E-state index in [-0.39, 0.29) is 0 Å². The van der Waals surface area contributed by atoms with Gasteiger partial charge in [0.1, 0.15) is 0 Å². The summed E-state index contributed by atoms with van der Waals surface area (Å²) in [6.45, 7) is 0. The van der Waals surface area contributed by atoms with Crippen LogP contribution in [0.4, 0.5) is 0 Å². The largest absolute Gasteiger partial charge is 0.309 e. The van der Waals surface area contributed by atoms with Gasteiger partial charge in [0.15, 0.2) is 5.82 Å². The van der Waals surface area contributed by atoms with Crippen LogP contribution in [0.15, 0.2) is 194 Å². The number of fused-ring (bicyclic) bond motifs is 6. The van der Waals surface area contributed by atoms with Gasteiger partial charge in [-0.1, -0.05) is 121 Å². The predicted molar refractivity (Wildman–Crippen MR) is 234 cm³/mol. The minimum absolute atomic E-state index is 0.694. The van der Waals surface area contributed by atoms with Gasteiger partial charge in [0.2, 0.25) is 0 Å². The van der Waals surface area contributed by atoms with E-state index in [2.05, 4.69) is 161 Å². The highest BCUT2D eigenvalue weighted by atomic mass is 32.1. The van der Waals surface area contributed by atoms with Gasteiger partial charge >= 0.3 is 0 Å². The van der Waals surface area contributed by atoms with E-state index in [1.54, 1.807) is 0 Å². The molecule has 262 valence electrons. The first kappa shape index (κ1) is 32.2. The van der Waals surface area contributed by atoms with E-state index in [4.69, 9.17) is 9.97 Å². The molecule has 7 aromatic carbocycles. The van der Waals surface area contributed by atoms with Crippen LogP contribution in [-0.2, 0) is 0 Å². The Morgan fingerprint density at radius 2 is 0.911 bits per heavy atom. The number of rotatable bonds is 6. The van der Waals surface area contributed by atoms with E-state index in [1.807, 2.05) is 54.1 Å². The second kappa shape index (κ2) is 13.3. The molecule has 0 aliphatic heterocycles. The highest BCUT2D eigenvalue weighted by molar-refractivity contribution is 7.25. The number of hydrogen-bond acceptors (Lipinski definition) is 4. The molecule has 0 unspecified atom stereocenters. The Labute approximate surface area is 327 Å². The molecule has 0 saturated heterocycles. The van der Waals surface area contributed by atoms with E-state index in [0.717, 1.165) is 67.1 Å². The summed E-state index contributed by atoms with van der Waals surface area (Å²) < 4.78 is 4.92. The Balaban J connectivity index is 1.14. The van der Waals surface area contributed by atoms with Crippen LogP contribution >= 0.6 is 11.3 Å². The molecule has 11 rings (SSSR count). The second-order valence-electron chi connectivity index (χ2n) is 14.1. The van der Waals surface area contributed by atoms with Crippen LogP contribution < -0.4 is 0 Å². The van der Waals surface area contributed by atoms with Crippen molar-refractivity contribution in [1.82, 2.24) is 19.5 Å². The number of para-hydroxylation sites is 2. The molecule has 0 amide bonds. The zero-order valence-electron chi connectivity index (χ0n) is 30.2. The van der Waals surface area contributed by atoms with Crippen molar-refractivity contribution in [2.45, 2.75) is 0 Å². The minimum Gasteiger partial charge on any atom is -0.309 e. The van der Waals surface area contributed by atoms with Crippen molar-refractivity contribution in [2.24, 2.45) is 0 Å². The number of hydrogen-bond donors (Lipinski definition) is 0. The lowest BCUT2D eigenvalue weighted by Crippen LogP contribution is -1.99. The molecular weight excluding hydrogens is 701 g/mol. The fraction of sp³-hybridized carbons (Fsp3) is 0.